The largest absolute Gasteiger partial charge is 0.496 e. The van der Waals surface area contributed by atoms with Gasteiger partial charge in [-0.05, 0) is 73.6 Å². The van der Waals surface area contributed by atoms with Crippen LogP contribution in [0.3, 0.4) is 0 Å². The maximum Gasteiger partial charge on any atom is 0.234 e. The summed E-state index contributed by atoms with van der Waals surface area (Å²) in [7, 11) is 4.99. The van der Waals surface area contributed by atoms with Crippen molar-refractivity contribution >= 4 is 5.91 Å². The van der Waals surface area contributed by atoms with Crippen molar-refractivity contribution in [3.8, 4) is 23.0 Å². The summed E-state index contributed by atoms with van der Waals surface area (Å²) in [6.45, 7) is 2.11. The third-order valence-corrected chi connectivity index (χ3v) is 7.51. The number of benzene rings is 2. The summed E-state index contributed by atoms with van der Waals surface area (Å²) in [5, 5.41) is 3.04. The Kier molecular flexibility index (Phi) is 8.51. The predicted octanol–water partition coefficient (Wildman–Crippen LogP) is 4.35. The minimum absolute atomic E-state index is 0.0373. The van der Waals surface area contributed by atoms with Crippen LogP contribution >= 0.6 is 0 Å². The van der Waals surface area contributed by atoms with Crippen LogP contribution in [0.25, 0.3) is 0 Å². The average Bonchev–Trinajstić information content (AvgIpc) is 3.81. The number of hydrogen-bond donors (Lipinski definition) is 1. The highest BCUT2D eigenvalue weighted by molar-refractivity contribution is 5.78. The molecule has 39 heavy (non-hydrogen) atoms. The van der Waals surface area contributed by atoms with Gasteiger partial charge in [-0.3, -0.25) is 14.7 Å². The number of methoxy groups -OCH3 is 3. The minimum atomic E-state index is -0.0863. The van der Waals surface area contributed by atoms with Gasteiger partial charge in [0.15, 0.2) is 11.5 Å². The number of pyridine rings is 1. The van der Waals surface area contributed by atoms with Gasteiger partial charge in [0.1, 0.15) is 11.5 Å². The van der Waals surface area contributed by atoms with E-state index in [1.165, 1.54) is 12.8 Å². The lowest BCUT2D eigenvalue weighted by Crippen LogP contribution is -2.43. The zero-order chi connectivity index (χ0) is 27.2. The summed E-state index contributed by atoms with van der Waals surface area (Å²) in [4.78, 5) is 19.7. The van der Waals surface area contributed by atoms with Gasteiger partial charge in [0.25, 0.3) is 0 Å². The molecule has 1 aliphatic carbocycles. The lowest BCUT2D eigenvalue weighted by molar-refractivity contribution is -0.123. The molecule has 5 rings (SSSR count). The average molecular weight is 532 g/mol. The first-order valence-corrected chi connectivity index (χ1v) is 13.5. The van der Waals surface area contributed by atoms with Crippen molar-refractivity contribution in [2.24, 2.45) is 5.92 Å². The van der Waals surface area contributed by atoms with Crippen molar-refractivity contribution in [1.29, 1.82) is 0 Å². The Labute approximate surface area is 230 Å². The first-order valence-electron chi connectivity index (χ1n) is 13.5. The molecule has 1 aliphatic heterocycles. The Morgan fingerprint density at radius 3 is 2.46 bits per heavy atom. The Morgan fingerprint density at radius 1 is 0.974 bits per heavy atom. The van der Waals surface area contributed by atoms with Gasteiger partial charge in [-0.15, -0.1) is 0 Å². The molecule has 2 heterocycles. The number of aromatic nitrogens is 1. The summed E-state index contributed by atoms with van der Waals surface area (Å²) in [5.41, 5.74) is 4.17. The van der Waals surface area contributed by atoms with Crippen LogP contribution in [-0.4, -0.2) is 56.8 Å². The van der Waals surface area contributed by atoms with Gasteiger partial charge >= 0.3 is 0 Å². The van der Waals surface area contributed by atoms with E-state index in [2.05, 4.69) is 21.3 Å². The number of ether oxygens (including phenoxy) is 4. The second-order valence-corrected chi connectivity index (χ2v) is 10.1. The van der Waals surface area contributed by atoms with Crippen molar-refractivity contribution in [3.05, 3.63) is 77.1 Å². The molecule has 206 valence electrons. The van der Waals surface area contributed by atoms with E-state index >= 15 is 0 Å². The molecule has 0 spiro atoms. The molecule has 3 aromatic rings. The summed E-state index contributed by atoms with van der Waals surface area (Å²) >= 11 is 0. The Bertz CT molecular complexity index is 1280. The topological polar surface area (TPSA) is 82.2 Å². The van der Waals surface area contributed by atoms with Gasteiger partial charge in [0.05, 0.1) is 46.7 Å². The lowest BCUT2D eigenvalue weighted by atomic mass is 9.87. The van der Waals surface area contributed by atoms with Crippen LogP contribution in [0.15, 0.2) is 54.7 Å². The maximum absolute atomic E-state index is 13.1. The summed E-state index contributed by atoms with van der Waals surface area (Å²) in [6.07, 6.45) is 5.62. The van der Waals surface area contributed by atoms with Crippen molar-refractivity contribution in [2.75, 3.05) is 41.0 Å². The zero-order valence-electron chi connectivity index (χ0n) is 22.9. The fourth-order valence-corrected chi connectivity index (χ4v) is 5.23. The Hall–Kier alpha value is -3.78. The van der Waals surface area contributed by atoms with Crippen LogP contribution in [0.5, 0.6) is 23.0 Å². The molecule has 1 fully saturated rings. The van der Waals surface area contributed by atoms with E-state index in [1.54, 1.807) is 27.5 Å². The molecule has 1 N–H and O–H groups in total. The van der Waals surface area contributed by atoms with Crippen molar-refractivity contribution < 1.29 is 23.7 Å². The monoisotopic (exact) mass is 531 g/mol. The smallest absolute Gasteiger partial charge is 0.234 e. The first kappa shape index (κ1) is 26.8. The van der Waals surface area contributed by atoms with Crippen LogP contribution in [0, 0.1) is 5.92 Å². The normalized spacial score (nSPS) is 16.7. The minimum Gasteiger partial charge on any atom is -0.496 e. The molecule has 1 aromatic heterocycles. The van der Waals surface area contributed by atoms with Crippen molar-refractivity contribution in [3.63, 3.8) is 0 Å². The number of nitrogens with zero attached hydrogens (tertiary/aromatic N) is 2. The summed E-state index contributed by atoms with van der Waals surface area (Å²) in [6, 6.07) is 15.6. The molecule has 1 atom stereocenters. The fourth-order valence-electron chi connectivity index (χ4n) is 5.23. The molecule has 1 unspecified atom stereocenters. The number of nitrogens with one attached hydrogen (secondary N) is 1. The molecule has 1 amide bonds. The van der Waals surface area contributed by atoms with E-state index in [1.807, 2.05) is 42.5 Å². The Morgan fingerprint density at radius 2 is 1.74 bits per heavy atom. The highest BCUT2D eigenvalue weighted by atomic mass is 16.5. The second kappa shape index (κ2) is 12.4. The number of fused-ring (bicyclic) bond motifs is 1. The molecule has 0 bridgehead atoms. The van der Waals surface area contributed by atoms with Crippen LogP contribution in [0.4, 0.5) is 0 Å². The highest BCUT2D eigenvalue weighted by Crippen LogP contribution is 2.44. The van der Waals surface area contributed by atoms with Crippen LogP contribution in [-0.2, 0) is 24.2 Å². The van der Waals surface area contributed by atoms with E-state index in [4.69, 9.17) is 18.9 Å². The Balaban J connectivity index is 1.45. The lowest BCUT2D eigenvalue weighted by Gasteiger charge is -2.38. The van der Waals surface area contributed by atoms with Gasteiger partial charge in [0.2, 0.25) is 5.91 Å². The van der Waals surface area contributed by atoms with Gasteiger partial charge in [-0.2, -0.15) is 0 Å². The molecule has 0 radical (unpaired) electrons. The fraction of sp³-hybridized carbons (Fsp3) is 0.419. The quantitative estimate of drug-likeness (QED) is 0.372. The highest BCUT2D eigenvalue weighted by Gasteiger charge is 2.34. The van der Waals surface area contributed by atoms with Crippen LogP contribution in [0.1, 0.15) is 41.3 Å². The number of amides is 1. The van der Waals surface area contributed by atoms with Gasteiger partial charge in [-0.1, -0.05) is 12.1 Å². The zero-order valence-corrected chi connectivity index (χ0v) is 22.9. The number of hydrogen-bond acceptors (Lipinski definition) is 7. The molecule has 2 aliphatic rings. The second-order valence-electron chi connectivity index (χ2n) is 10.1. The van der Waals surface area contributed by atoms with Crippen molar-refractivity contribution in [2.45, 2.75) is 38.3 Å². The first-order chi connectivity index (χ1) is 19.1. The number of carbonyl (C=O) groups excluding carboxylic acids is 1. The molecule has 8 heteroatoms. The van der Waals surface area contributed by atoms with E-state index in [-0.39, 0.29) is 18.5 Å². The molecule has 1 saturated carbocycles. The van der Waals surface area contributed by atoms with E-state index < -0.39 is 0 Å². The molecule has 8 nitrogen and oxygen atoms in total. The van der Waals surface area contributed by atoms with E-state index in [0.717, 1.165) is 46.8 Å². The number of carbonyl (C=O) groups is 1. The third kappa shape index (κ3) is 6.45. The maximum atomic E-state index is 13.1. The van der Waals surface area contributed by atoms with E-state index in [0.29, 0.717) is 37.0 Å². The summed E-state index contributed by atoms with van der Waals surface area (Å²) < 4.78 is 23.2. The standard InChI is InChI=1S/C31H37N3O5/c1-36-26-11-12-28(39-20-21-7-8-21)31-24(26)13-15-34(19-30(35)33-18-23-6-4-5-14-32-23)25(31)16-22-9-10-27(37-2)29(17-22)38-3/h4-6,9-12,14,17,21,25H,7-8,13,15-16,18-20H2,1-3H3,(H,33,35). The van der Waals surface area contributed by atoms with Crippen LogP contribution in [0.2, 0.25) is 0 Å². The summed E-state index contributed by atoms with van der Waals surface area (Å²) in [5.74, 6) is 3.70. The third-order valence-electron chi connectivity index (χ3n) is 7.51. The SMILES string of the molecule is COc1ccc(CC2c3c(OCC4CC4)ccc(OC)c3CCN2CC(=O)NCc2ccccn2)cc1OC. The molecular weight excluding hydrogens is 494 g/mol. The van der Waals surface area contributed by atoms with Gasteiger partial charge < -0.3 is 24.3 Å². The number of rotatable bonds is 12. The molecule has 0 saturated heterocycles. The van der Waals surface area contributed by atoms with Crippen molar-refractivity contribution in [1.82, 2.24) is 15.2 Å². The van der Waals surface area contributed by atoms with Crippen LogP contribution < -0.4 is 24.3 Å². The molecular formula is C31H37N3O5. The van der Waals surface area contributed by atoms with Gasteiger partial charge in [-0.25, -0.2) is 0 Å². The van der Waals surface area contributed by atoms with E-state index in [9.17, 15) is 4.79 Å². The van der Waals surface area contributed by atoms with Gasteiger partial charge in [0, 0.05) is 29.9 Å². The predicted molar refractivity (Wildman–Crippen MR) is 149 cm³/mol. The molecule has 2 aromatic carbocycles.